The predicted molar refractivity (Wildman–Crippen MR) is 66.7 cm³/mol. The molecule has 0 bridgehead atoms. The zero-order valence-electron chi connectivity index (χ0n) is 11.0. The molecule has 0 spiro atoms. The van der Waals surface area contributed by atoms with Gasteiger partial charge in [0.1, 0.15) is 4.92 Å². The molecule has 9 nitrogen and oxygen atoms in total. The second kappa shape index (κ2) is 5.80. The van der Waals surface area contributed by atoms with Crippen LogP contribution in [0.25, 0.3) is 11.7 Å². The van der Waals surface area contributed by atoms with Gasteiger partial charge in [-0.1, -0.05) is 5.16 Å². The van der Waals surface area contributed by atoms with Crippen molar-refractivity contribution >= 4 is 5.88 Å². The summed E-state index contributed by atoms with van der Waals surface area (Å²) in [4.78, 5) is 13.9. The van der Waals surface area contributed by atoms with Gasteiger partial charge < -0.3 is 19.4 Å². The van der Waals surface area contributed by atoms with E-state index in [1.54, 1.807) is 0 Å². The van der Waals surface area contributed by atoms with Gasteiger partial charge in [0.05, 0.1) is 24.8 Å². The summed E-state index contributed by atoms with van der Waals surface area (Å²) < 4.78 is 15.3. The van der Waals surface area contributed by atoms with Gasteiger partial charge in [-0.15, -0.1) is 0 Å². The normalized spacial score (nSPS) is 12.8. The number of rotatable bonds is 6. The highest BCUT2D eigenvalue weighted by Gasteiger charge is 2.20. The van der Waals surface area contributed by atoms with Crippen LogP contribution in [0.4, 0.5) is 5.88 Å². The number of nitro groups is 1. The van der Waals surface area contributed by atoms with Crippen LogP contribution in [-0.2, 0) is 4.74 Å². The number of hydrogen-bond donors (Lipinski definition) is 1. The fourth-order valence-electron chi connectivity index (χ4n) is 1.40. The lowest BCUT2D eigenvalue weighted by Crippen LogP contribution is -2.20. The van der Waals surface area contributed by atoms with Gasteiger partial charge in [0, 0.05) is 0 Å². The van der Waals surface area contributed by atoms with Gasteiger partial charge in [0.15, 0.2) is 11.6 Å². The Morgan fingerprint density at radius 2 is 2.25 bits per heavy atom. The molecule has 2 N–H and O–H groups in total. The molecule has 2 aromatic rings. The van der Waals surface area contributed by atoms with Crippen molar-refractivity contribution in [1.82, 2.24) is 10.1 Å². The summed E-state index contributed by atoms with van der Waals surface area (Å²) in [6, 6.07) is 2.05. The highest BCUT2D eigenvalue weighted by atomic mass is 16.6. The average molecular weight is 282 g/mol. The van der Waals surface area contributed by atoms with Crippen LogP contribution in [0.15, 0.2) is 21.1 Å². The van der Waals surface area contributed by atoms with Crippen molar-refractivity contribution in [3.05, 3.63) is 28.1 Å². The van der Waals surface area contributed by atoms with Crippen molar-refractivity contribution in [2.24, 2.45) is 5.73 Å². The Morgan fingerprint density at radius 1 is 1.50 bits per heavy atom. The number of hydrogen-bond acceptors (Lipinski definition) is 8. The first-order valence-electron chi connectivity index (χ1n) is 5.92. The zero-order valence-corrected chi connectivity index (χ0v) is 11.0. The number of ether oxygens (including phenoxy) is 1. The molecule has 0 fully saturated rings. The summed E-state index contributed by atoms with van der Waals surface area (Å²) in [5.41, 5.74) is 5.84. The summed E-state index contributed by atoms with van der Waals surface area (Å²) in [7, 11) is 0. The molecule has 0 saturated heterocycles. The van der Waals surface area contributed by atoms with Crippen LogP contribution in [0.2, 0.25) is 0 Å². The molecule has 108 valence electrons. The molecule has 20 heavy (non-hydrogen) atoms. The molecule has 0 aromatic carbocycles. The third-order valence-electron chi connectivity index (χ3n) is 2.37. The first-order chi connectivity index (χ1) is 9.47. The van der Waals surface area contributed by atoms with Crippen LogP contribution >= 0.6 is 0 Å². The summed E-state index contributed by atoms with van der Waals surface area (Å²) in [5.74, 6) is 0.00687. The summed E-state index contributed by atoms with van der Waals surface area (Å²) in [6.45, 7) is 4.02. The first kappa shape index (κ1) is 14.2. The maximum absolute atomic E-state index is 10.5. The van der Waals surface area contributed by atoms with E-state index in [0.29, 0.717) is 0 Å². The Hall–Kier alpha value is -2.26. The fourth-order valence-corrected chi connectivity index (χ4v) is 1.40. The molecule has 1 unspecified atom stereocenters. The van der Waals surface area contributed by atoms with E-state index >= 15 is 0 Å². The van der Waals surface area contributed by atoms with E-state index < -0.39 is 16.8 Å². The Morgan fingerprint density at radius 3 is 2.85 bits per heavy atom. The van der Waals surface area contributed by atoms with Crippen LogP contribution in [0.5, 0.6) is 0 Å². The van der Waals surface area contributed by atoms with E-state index in [-0.39, 0.29) is 30.2 Å². The highest BCUT2D eigenvalue weighted by Crippen LogP contribution is 2.25. The molecule has 0 aliphatic rings. The van der Waals surface area contributed by atoms with Gasteiger partial charge in [-0.2, -0.15) is 4.98 Å². The Kier molecular flexibility index (Phi) is 4.11. The molecule has 0 aliphatic carbocycles. The average Bonchev–Trinajstić information content (AvgIpc) is 3.03. The Labute approximate surface area is 113 Å². The van der Waals surface area contributed by atoms with Crippen LogP contribution in [-0.4, -0.2) is 27.8 Å². The Balaban J connectivity index is 2.09. The van der Waals surface area contributed by atoms with E-state index in [0.717, 1.165) is 0 Å². The summed E-state index contributed by atoms with van der Waals surface area (Å²) in [5, 5.41) is 14.2. The van der Waals surface area contributed by atoms with E-state index in [4.69, 9.17) is 19.4 Å². The van der Waals surface area contributed by atoms with E-state index in [2.05, 4.69) is 10.1 Å². The van der Waals surface area contributed by atoms with Gasteiger partial charge in [-0.05, 0) is 19.9 Å². The van der Waals surface area contributed by atoms with Crippen molar-refractivity contribution in [3.8, 4) is 11.7 Å². The van der Waals surface area contributed by atoms with Gasteiger partial charge in [-0.3, -0.25) is 10.1 Å². The minimum atomic E-state index is -0.650. The quantitative estimate of drug-likeness (QED) is 0.625. The second-order valence-corrected chi connectivity index (χ2v) is 4.34. The van der Waals surface area contributed by atoms with Crippen molar-refractivity contribution < 1.29 is 18.6 Å². The standard InChI is InChI=1S/C11H14N4O5/c1-6(2)18-5-7(12)10-13-11(20-14-10)8-3-4-9(19-8)15(16)17/h3-4,6-7H,5,12H2,1-2H3. The lowest BCUT2D eigenvalue weighted by atomic mass is 10.3. The molecular weight excluding hydrogens is 268 g/mol. The molecule has 1 atom stereocenters. The second-order valence-electron chi connectivity index (χ2n) is 4.34. The smallest absolute Gasteiger partial charge is 0.395 e. The largest absolute Gasteiger partial charge is 0.433 e. The topological polar surface area (TPSA) is 130 Å². The minimum absolute atomic E-state index is 0.0353. The van der Waals surface area contributed by atoms with Crippen molar-refractivity contribution in [3.63, 3.8) is 0 Å². The number of furan rings is 1. The van der Waals surface area contributed by atoms with Gasteiger partial charge >= 0.3 is 5.88 Å². The van der Waals surface area contributed by atoms with Crippen molar-refractivity contribution in [2.75, 3.05) is 6.61 Å². The van der Waals surface area contributed by atoms with Crippen molar-refractivity contribution in [1.29, 1.82) is 0 Å². The molecule has 0 saturated carbocycles. The summed E-state index contributed by atoms with van der Waals surface area (Å²) in [6.07, 6.45) is 0.0418. The minimum Gasteiger partial charge on any atom is -0.395 e. The van der Waals surface area contributed by atoms with Gasteiger partial charge in [0.2, 0.25) is 0 Å². The predicted octanol–water partition coefficient (Wildman–Crippen LogP) is 1.66. The molecule has 0 amide bonds. The number of nitrogens with zero attached hydrogens (tertiary/aromatic N) is 3. The molecule has 2 rings (SSSR count). The van der Waals surface area contributed by atoms with Crippen LogP contribution in [0, 0.1) is 10.1 Å². The lowest BCUT2D eigenvalue weighted by Gasteiger charge is -2.10. The summed E-state index contributed by atoms with van der Waals surface area (Å²) >= 11 is 0. The van der Waals surface area contributed by atoms with E-state index in [1.807, 2.05) is 13.8 Å². The monoisotopic (exact) mass is 282 g/mol. The fraction of sp³-hybridized carbons (Fsp3) is 0.455. The highest BCUT2D eigenvalue weighted by molar-refractivity contribution is 5.46. The molecule has 2 aromatic heterocycles. The van der Waals surface area contributed by atoms with E-state index in [1.165, 1.54) is 12.1 Å². The Bertz CT molecular complexity index is 591. The SMILES string of the molecule is CC(C)OCC(N)c1noc(-c2ccc([N+](=O)[O-])o2)n1. The maximum Gasteiger partial charge on any atom is 0.433 e. The maximum atomic E-state index is 10.5. The molecule has 2 heterocycles. The molecule has 0 radical (unpaired) electrons. The first-order valence-corrected chi connectivity index (χ1v) is 5.92. The molecule has 9 heteroatoms. The van der Waals surface area contributed by atoms with Crippen LogP contribution in [0.3, 0.4) is 0 Å². The lowest BCUT2D eigenvalue weighted by molar-refractivity contribution is -0.401. The van der Waals surface area contributed by atoms with Gasteiger partial charge in [0.25, 0.3) is 5.89 Å². The molecular formula is C11H14N4O5. The van der Waals surface area contributed by atoms with E-state index in [9.17, 15) is 10.1 Å². The number of nitrogens with two attached hydrogens (primary N) is 1. The van der Waals surface area contributed by atoms with Crippen molar-refractivity contribution in [2.45, 2.75) is 26.0 Å². The number of aromatic nitrogens is 2. The third kappa shape index (κ3) is 3.19. The molecule has 0 aliphatic heterocycles. The third-order valence-corrected chi connectivity index (χ3v) is 2.37. The van der Waals surface area contributed by atoms with Crippen LogP contribution in [0.1, 0.15) is 25.7 Å². The van der Waals surface area contributed by atoms with Gasteiger partial charge in [-0.25, -0.2) is 0 Å². The van der Waals surface area contributed by atoms with Crippen LogP contribution < -0.4 is 5.73 Å². The zero-order chi connectivity index (χ0) is 14.7.